The molecule has 3 aromatic rings. The number of thiazole rings is 1. The van der Waals surface area contributed by atoms with Crippen molar-refractivity contribution in [2.75, 3.05) is 13.1 Å². The van der Waals surface area contributed by atoms with Gasteiger partial charge in [-0.25, -0.2) is 8.42 Å². The number of sulfonamides is 1. The molecule has 2 heterocycles. The van der Waals surface area contributed by atoms with Gasteiger partial charge >= 0.3 is 0 Å². The first-order valence-electron chi connectivity index (χ1n) is 11.1. The van der Waals surface area contributed by atoms with Crippen LogP contribution in [0.1, 0.15) is 36.2 Å². The summed E-state index contributed by atoms with van der Waals surface area (Å²) in [6.45, 7) is 11.6. The third-order valence-corrected chi connectivity index (χ3v) is 8.81. The Bertz CT molecular complexity index is 1360. The van der Waals surface area contributed by atoms with Gasteiger partial charge in [-0.2, -0.15) is 9.30 Å². The van der Waals surface area contributed by atoms with Crippen molar-refractivity contribution in [3.05, 3.63) is 71.0 Å². The van der Waals surface area contributed by atoms with Crippen molar-refractivity contribution in [1.82, 2.24) is 8.87 Å². The Morgan fingerprint density at radius 2 is 1.82 bits per heavy atom. The highest BCUT2D eigenvalue weighted by Crippen LogP contribution is 2.27. The minimum Gasteiger partial charge on any atom is -0.312 e. The Morgan fingerprint density at radius 3 is 2.45 bits per heavy atom. The average Bonchev–Trinajstić information content (AvgIpc) is 3.09. The largest absolute Gasteiger partial charge is 0.312 e. The maximum Gasteiger partial charge on any atom is 0.279 e. The molecule has 1 aromatic heterocycles. The van der Waals surface area contributed by atoms with Gasteiger partial charge in [0.1, 0.15) is 0 Å². The van der Waals surface area contributed by atoms with Crippen molar-refractivity contribution in [1.29, 1.82) is 0 Å². The molecule has 0 spiro atoms. The normalized spacial score (nSPS) is 20.3. The number of fused-ring (bicyclic) bond motifs is 1. The summed E-state index contributed by atoms with van der Waals surface area (Å²) >= 11 is 1.45. The van der Waals surface area contributed by atoms with Crippen LogP contribution in [0.5, 0.6) is 0 Å². The number of hydrogen-bond acceptors (Lipinski definition) is 4. The molecule has 2 unspecified atom stereocenters. The number of benzene rings is 2. The van der Waals surface area contributed by atoms with Crippen LogP contribution in [0, 0.1) is 18.8 Å². The molecule has 0 radical (unpaired) electrons. The molecular formula is C25H29N3O3S2. The molecule has 33 heavy (non-hydrogen) atoms. The second-order valence-corrected chi connectivity index (χ2v) is 11.9. The molecule has 2 atom stereocenters. The summed E-state index contributed by atoms with van der Waals surface area (Å²) in [5.41, 5.74) is 2.50. The Morgan fingerprint density at radius 1 is 1.15 bits per heavy atom. The van der Waals surface area contributed by atoms with Crippen LogP contribution in [-0.4, -0.2) is 36.3 Å². The minimum absolute atomic E-state index is 0.208. The van der Waals surface area contributed by atoms with Gasteiger partial charge in [0.15, 0.2) is 4.80 Å². The number of carbonyl (C=O) groups is 1. The zero-order valence-corrected chi connectivity index (χ0v) is 20.8. The van der Waals surface area contributed by atoms with Gasteiger partial charge in [0.05, 0.1) is 15.1 Å². The van der Waals surface area contributed by atoms with Crippen molar-refractivity contribution in [2.45, 2.75) is 38.6 Å². The molecule has 8 heteroatoms. The first kappa shape index (κ1) is 23.6. The molecule has 0 aliphatic carbocycles. The van der Waals surface area contributed by atoms with Crippen molar-refractivity contribution >= 4 is 37.5 Å². The van der Waals surface area contributed by atoms with E-state index in [1.165, 1.54) is 23.5 Å². The highest BCUT2D eigenvalue weighted by molar-refractivity contribution is 7.89. The average molecular weight is 484 g/mol. The van der Waals surface area contributed by atoms with E-state index in [0.717, 1.165) is 22.2 Å². The number of carbonyl (C=O) groups excluding carboxylic acids is 1. The Hall–Kier alpha value is -2.55. The molecular weight excluding hydrogens is 454 g/mol. The maximum atomic E-state index is 13.1. The van der Waals surface area contributed by atoms with Crippen LogP contribution in [0.3, 0.4) is 0 Å². The smallest absolute Gasteiger partial charge is 0.279 e. The van der Waals surface area contributed by atoms with Gasteiger partial charge in [-0.15, -0.1) is 6.58 Å². The number of hydrogen-bond donors (Lipinski definition) is 0. The number of piperidine rings is 1. The molecule has 174 valence electrons. The van der Waals surface area contributed by atoms with E-state index in [-0.39, 0.29) is 4.90 Å². The van der Waals surface area contributed by atoms with Gasteiger partial charge in [0, 0.05) is 25.2 Å². The number of amides is 1. The molecule has 1 saturated heterocycles. The maximum absolute atomic E-state index is 13.1. The number of aromatic nitrogens is 1. The van der Waals surface area contributed by atoms with Crippen LogP contribution < -0.4 is 4.80 Å². The SMILES string of the molecule is C=CCn1c(=NC(=O)c2ccc(S(=O)(=O)N3CC(C)CC(C)C3)cc2)sc2cc(C)ccc21. The summed E-state index contributed by atoms with van der Waals surface area (Å²) in [5, 5.41) is 0. The molecule has 0 N–H and O–H groups in total. The predicted octanol–water partition coefficient (Wildman–Crippen LogP) is 4.60. The monoisotopic (exact) mass is 483 g/mol. The second-order valence-electron chi connectivity index (χ2n) is 8.96. The highest BCUT2D eigenvalue weighted by atomic mass is 32.2. The van der Waals surface area contributed by atoms with Crippen molar-refractivity contribution in [3.8, 4) is 0 Å². The second kappa shape index (κ2) is 9.37. The van der Waals surface area contributed by atoms with Crippen LogP contribution >= 0.6 is 11.3 Å². The minimum atomic E-state index is -3.59. The lowest BCUT2D eigenvalue weighted by atomic mass is 9.94. The Kier molecular flexibility index (Phi) is 6.70. The zero-order chi connectivity index (χ0) is 23.8. The van der Waals surface area contributed by atoms with Gasteiger partial charge < -0.3 is 4.57 Å². The molecule has 6 nitrogen and oxygen atoms in total. The van der Waals surface area contributed by atoms with E-state index in [1.54, 1.807) is 22.5 Å². The molecule has 1 amide bonds. The van der Waals surface area contributed by atoms with E-state index < -0.39 is 15.9 Å². The van der Waals surface area contributed by atoms with E-state index in [4.69, 9.17) is 0 Å². The van der Waals surface area contributed by atoms with Crippen LogP contribution in [0.2, 0.25) is 0 Å². The van der Waals surface area contributed by atoms with E-state index in [1.807, 2.05) is 23.6 Å². The first-order chi connectivity index (χ1) is 15.7. The molecule has 2 aromatic carbocycles. The van der Waals surface area contributed by atoms with Gasteiger partial charge in [-0.3, -0.25) is 4.79 Å². The van der Waals surface area contributed by atoms with E-state index >= 15 is 0 Å². The Balaban J connectivity index is 1.64. The fourth-order valence-electron chi connectivity index (χ4n) is 4.44. The number of allylic oxidation sites excluding steroid dienone is 1. The zero-order valence-electron chi connectivity index (χ0n) is 19.2. The summed E-state index contributed by atoms with van der Waals surface area (Å²) in [5.74, 6) is 0.256. The topological polar surface area (TPSA) is 71.7 Å². The lowest BCUT2D eigenvalue weighted by molar-refractivity contribution is 0.0997. The summed E-state index contributed by atoms with van der Waals surface area (Å²) in [6, 6.07) is 12.2. The van der Waals surface area contributed by atoms with Crippen LogP contribution in [-0.2, 0) is 16.6 Å². The van der Waals surface area contributed by atoms with E-state index in [2.05, 4.69) is 31.5 Å². The van der Waals surface area contributed by atoms with Crippen molar-refractivity contribution < 1.29 is 13.2 Å². The van der Waals surface area contributed by atoms with Crippen LogP contribution in [0.4, 0.5) is 0 Å². The summed E-state index contributed by atoms with van der Waals surface area (Å²) in [6.07, 6.45) is 2.81. The quantitative estimate of drug-likeness (QED) is 0.498. The van der Waals surface area contributed by atoms with Gasteiger partial charge in [0.25, 0.3) is 5.91 Å². The van der Waals surface area contributed by atoms with Crippen LogP contribution in [0.25, 0.3) is 10.2 Å². The highest BCUT2D eigenvalue weighted by Gasteiger charge is 2.31. The molecule has 4 rings (SSSR count). The van der Waals surface area contributed by atoms with Gasteiger partial charge in [-0.1, -0.05) is 37.3 Å². The van der Waals surface area contributed by atoms with E-state index in [0.29, 0.717) is 41.8 Å². The predicted molar refractivity (Wildman–Crippen MR) is 133 cm³/mol. The fraction of sp³-hybridized carbons (Fsp3) is 0.360. The van der Waals surface area contributed by atoms with E-state index in [9.17, 15) is 13.2 Å². The first-order valence-corrected chi connectivity index (χ1v) is 13.3. The summed E-state index contributed by atoms with van der Waals surface area (Å²) in [4.78, 5) is 18.1. The molecule has 1 aliphatic rings. The number of nitrogens with zero attached hydrogens (tertiary/aromatic N) is 3. The summed E-state index contributed by atoms with van der Waals surface area (Å²) in [7, 11) is -3.59. The molecule has 1 fully saturated rings. The molecule has 1 aliphatic heterocycles. The van der Waals surface area contributed by atoms with Gasteiger partial charge in [0.2, 0.25) is 10.0 Å². The standard InChI is InChI=1S/C25H29N3O3S2/c1-5-12-28-22-11-6-17(2)14-23(22)32-25(28)26-24(29)20-7-9-21(10-8-20)33(30,31)27-15-18(3)13-19(4)16-27/h5-11,14,18-19H,1,12-13,15-16H2,2-4H3. The third kappa shape index (κ3) is 4.88. The third-order valence-electron chi connectivity index (χ3n) is 5.92. The van der Waals surface area contributed by atoms with Crippen molar-refractivity contribution in [3.63, 3.8) is 0 Å². The van der Waals surface area contributed by atoms with Crippen molar-refractivity contribution in [2.24, 2.45) is 16.8 Å². The lowest BCUT2D eigenvalue weighted by Crippen LogP contribution is -2.42. The van der Waals surface area contributed by atoms with Gasteiger partial charge in [-0.05, 0) is 67.1 Å². The van der Waals surface area contributed by atoms with Crippen LogP contribution in [0.15, 0.2) is 65.0 Å². The Labute approximate surface area is 199 Å². The number of aryl methyl sites for hydroxylation is 1. The number of rotatable bonds is 5. The fourth-order valence-corrected chi connectivity index (χ4v) is 7.26. The lowest BCUT2D eigenvalue weighted by Gasteiger charge is -2.34. The molecule has 0 bridgehead atoms. The summed E-state index contributed by atoms with van der Waals surface area (Å²) < 4.78 is 30.8. The molecule has 0 saturated carbocycles.